The van der Waals surface area contributed by atoms with Gasteiger partial charge in [-0.25, -0.2) is 0 Å². The molecule has 3 rings (SSSR count). The van der Waals surface area contributed by atoms with Gasteiger partial charge in [-0.05, 0) is 57.5 Å². The van der Waals surface area contributed by atoms with Crippen LogP contribution >= 0.6 is 0 Å². The lowest BCUT2D eigenvalue weighted by Gasteiger charge is -2.11. The Hall–Kier alpha value is -2.75. The number of rotatable bonds is 5. The van der Waals surface area contributed by atoms with E-state index in [4.69, 9.17) is 13.9 Å². The predicted octanol–water partition coefficient (Wildman–Crippen LogP) is 5.03. The minimum atomic E-state index is -0.0603. The summed E-state index contributed by atoms with van der Waals surface area (Å²) in [5, 5.41) is 0.538. The molecule has 0 N–H and O–H groups in total. The van der Waals surface area contributed by atoms with Crippen molar-refractivity contribution in [3.63, 3.8) is 0 Å². The van der Waals surface area contributed by atoms with E-state index < -0.39 is 0 Å². The van der Waals surface area contributed by atoms with Crippen LogP contribution < -0.4 is 14.9 Å². The summed E-state index contributed by atoms with van der Waals surface area (Å²) >= 11 is 0. The molecule has 0 saturated carbocycles. The molecule has 0 bridgehead atoms. The fraction of sp³-hybridized carbons (Fsp3) is 0.286. The van der Waals surface area contributed by atoms with Crippen molar-refractivity contribution in [2.75, 3.05) is 0 Å². The van der Waals surface area contributed by atoms with Crippen molar-refractivity contribution in [2.45, 2.75) is 39.9 Å². The van der Waals surface area contributed by atoms with E-state index in [1.807, 2.05) is 52.0 Å². The van der Waals surface area contributed by atoms with Crippen molar-refractivity contribution in [3.05, 3.63) is 59.0 Å². The molecule has 0 unspecified atom stereocenters. The molecule has 130 valence electrons. The molecule has 1 aromatic heterocycles. The number of hydrogen-bond donors (Lipinski definition) is 0. The second-order valence-electron chi connectivity index (χ2n) is 6.49. The van der Waals surface area contributed by atoms with Crippen LogP contribution in [0.5, 0.6) is 11.5 Å². The third-order valence-electron chi connectivity index (χ3n) is 3.65. The van der Waals surface area contributed by atoms with Gasteiger partial charge >= 0.3 is 0 Å². The second-order valence-corrected chi connectivity index (χ2v) is 6.49. The summed E-state index contributed by atoms with van der Waals surface area (Å²) in [7, 11) is 0. The third-order valence-corrected chi connectivity index (χ3v) is 3.65. The molecule has 0 aliphatic rings. The smallest absolute Gasteiger partial charge is 0.200 e. The highest BCUT2D eigenvalue weighted by molar-refractivity contribution is 5.82. The Bertz CT molecular complexity index is 921. The molecule has 0 spiro atoms. The third kappa shape index (κ3) is 3.85. The first-order valence-electron chi connectivity index (χ1n) is 8.43. The molecule has 4 nitrogen and oxygen atoms in total. The summed E-state index contributed by atoms with van der Waals surface area (Å²) in [4.78, 5) is 12.8. The minimum absolute atomic E-state index is 0.0603. The van der Waals surface area contributed by atoms with Gasteiger partial charge in [-0.1, -0.05) is 12.1 Å². The van der Waals surface area contributed by atoms with E-state index in [0.717, 1.165) is 11.3 Å². The SMILES string of the molecule is CC(C)Oc1ccc(-c2coc3cc(OC(C)C)ccc3c2=O)cc1. The van der Waals surface area contributed by atoms with Crippen LogP contribution in [-0.2, 0) is 0 Å². The fourth-order valence-corrected chi connectivity index (χ4v) is 2.64. The van der Waals surface area contributed by atoms with Gasteiger partial charge in [-0.15, -0.1) is 0 Å². The molecule has 4 heteroatoms. The maximum atomic E-state index is 12.8. The molecule has 3 aromatic rings. The zero-order valence-corrected chi connectivity index (χ0v) is 14.9. The van der Waals surface area contributed by atoms with Crippen LogP contribution in [0.3, 0.4) is 0 Å². The normalized spacial score (nSPS) is 11.3. The van der Waals surface area contributed by atoms with Crippen molar-refractivity contribution in [3.8, 4) is 22.6 Å². The number of benzene rings is 2. The zero-order chi connectivity index (χ0) is 18.0. The molecular weight excluding hydrogens is 316 g/mol. The van der Waals surface area contributed by atoms with E-state index >= 15 is 0 Å². The largest absolute Gasteiger partial charge is 0.491 e. The summed E-state index contributed by atoms with van der Waals surface area (Å²) < 4.78 is 17.0. The Morgan fingerprint density at radius 1 is 0.840 bits per heavy atom. The Labute approximate surface area is 147 Å². The topological polar surface area (TPSA) is 48.7 Å². The van der Waals surface area contributed by atoms with Crippen LogP contribution in [0.4, 0.5) is 0 Å². The van der Waals surface area contributed by atoms with Crippen LogP contribution in [0.25, 0.3) is 22.1 Å². The molecule has 1 heterocycles. The Balaban J connectivity index is 1.97. The standard InChI is InChI=1S/C21H22O4/c1-13(2)24-16-7-5-15(6-8-16)19-12-23-20-11-17(25-14(3)4)9-10-18(20)21(19)22/h5-14H,1-4H3. The average Bonchev–Trinajstić information content (AvgIpc) is 2.55. The lowest BCUT2D eigenvalue weighted by Crippen LogP contribution is -2.07. The van der Waals surface area contributed by atoms with E-state index in [1.54, 1.807) is 18.2 Å². The molecular formula is C21H22O4. The van der Waals surface area contributed by atoms with Gasteiger partial charge in [0.05, 0.1) is 23.2 Å². The maximum absolute atomic E-state index is 12.8. The van der Waals surface area contributed by atoms with Gasteiger partial charge in [0.2, 0.25) is 0 Å². The Morgan fingerprint density at radius 3 is 2.08 bits per heavy atom. The first-order chi connectivity index (χ1) is 11.9. The summed E-state index contributed by atoms with van der Waals surface area (Å²) in [6.45, 7) is 7.86. The first-order valence-corrected chi connectivity index (χ1v) is 8.43. The van der Waals surface area contributed by atoms with Gasteiger partial charge in [0, 0.05) is 6.07 Å². The van der Waals surface area contributed by atoms with Gasteiger partial charge in [-0.2, -0.15) is 0 Å². The number of hydrogen-bond acceptors (Lipinski definition) is 4. The number of fused-ring (bicyclic) bond motifs is 1. The molecule has 0 saturated heterocycles. The van der Waals surface area contributed by atoms with Gasteiger partial charge in [0.1, 0.15) is 23.3 Å². The van der Waals surface area contributed by atoms with Crippen LogP contribution in [0.1, 0.15) is 27.7 Å². The second kappa shape index (κ2) is 7.01. The van der Waals surface area contributed by atoms with E-state index in [-0.39, 0.29) is 17.6 Å². The average molecular weight is 338 g/mol. The Morgan fingerprint density at radius 2 is 1.44 bits per heavy atom. The fourth-order valence-electron chi connectivity index (χ4n) is 2.64. The van der Waals surface area contributed by atoms with Crippen molar-refractivity contribution >= 4 is 11.0 Å². The van der Waals surface area contributed by atoms with E-state index in [0.29, 0.717) is 22.3 Å². The number of ether oxygens (including phenoxy) is 2. The van der Waals surface area contributed by atoms with Crippen LogP contribution in [0.2, 0.25) is 0 Å². The molecule has 0 aliphatic carbocycles. The van der Waals surface area contributed by atoms with Crippen molar-refractivity contribution in [1.29, 1.82) is 0 Å². The van der Waals surface area contributed by atoms with Crippen LogP contribution in [0, 0.1) is 0 Å². The first kappa shape index (κ1) is 17.1. The minimum Gasteiger partial charge on any atom is -0.491 e. The van der Waals surface area contributed by atoms with Crippen molar-refractivity contribution in [1.82, 2.24) is 0 Å². The van der Waals surface area contributed by atoms with Gasteiger partial charge < -0.3 is 13.9 Å². The highest BCUT2D eigenvalue weighted by Crippen LogP contribution is 2.25. The lowest BCUT2D eigenvalue weighted by atomic mass is 10.1. The molecule has 2 aromatic carbocycles. The quantitative estimate of drug-likeness (QED) is 0.654. The zero-order valence-electron chi connectivity index (χ0n) is 14.9. The van der Waals surface area contributed by atoms with Gasteiger partial charge in [0.25, 0.3) is 0 Å². The monoisotopic (exact) mass is 338 g/mol. The van der Waals surface area contributed by atoms with Crippen LogP contribution in [0.15, 0.2) is 57.9 Å². The lowest BCUT2D eigenvalue weighted by molar-refractivity contribution is 0.242. The maximum Gasteiger partial charge on any atom is 0.200 e. The molecule has 25 heavy (non-hydrogen) atoms. The highest BCUT2D eigenvalue weighted by atomic mass is 16.5. The Kier molecular flexibility index (Phi) is 4.79. The molecule has 0 aliphatic heterocycles. The van der Waals surface area contributed by atoms with E-state index in [9.17, 15) is 4.79 Å². The molecule has 0 radical (unpaired) electrons. The van der Waals surface area contributed by atoms with Crippen molar-refractivity contribution < 1.29 is 13.9 Å². The summed E-state index contributed by atoms with van der Waals surface area (Å²) in [6, 6.07) is 12.7. The summed E-state index contributed by atoms with van der Waals surface area (Å²) in [5.41, 5.74) is 1.79. The molecule has 0 fully saturated rings. The van der Waals surface area contributed by atoms with Gasteiger partial charge in [0.15, 0.2) is 5.43 Å². The predicted molar refractivity (Wildman–Crippen MR) is 99.4 cm³/mol. The van der Waals surface area contributed by atoms with E-state index in [1.165, 1.54) is 6.26 Å². The highest BCUT2D eigenvalue weighted by Gasteiger charge is 2.11. The van der Waals surface area contributed by atoms with Gasteiger partial charge in [-0.3, -0.25) is 4.79 Å². The van der Waals surface area contributed by atoms with Crippen molar-refractivity contribution in [2.24, 2.45) is 0 Å². The molecule has 0 atom stereocenters. The summed E-state index contributed by atoms with van der Waals surface area (Å²) in [6.07, 6.45) is 1.68. The molecule has 0 amide bonds. The summed E-state index contributed by atoms with van der Waals surface area (Å²) in [5.74, 6) is 1.47. The van der Waals surface area contributed by atoms with E-state index in [2.05, 4.69) is 0 Å². The van der Waals surface area contributed by atoms with Crippen LogP contribution in [-0.4, -0.2) is 12.2 Å².